The summed E-state index contributed by atoms with van der Waals surface area (Å²) in [5, 5.41) is 0. The first-order chi connectivity index (χ1) is 16.6. The first-order valence-electron chi connectivity index (χ1n) is 10.2. The summed E-state index contributed by atoms with van der Waals surface area (Å²) in [6.07, 6.45) is -10.3. The molecule has 0 unspecified atom stereocenters. The molecule has 3 rings (SSSR count). The monoisotopic (exact) mass is 531 g/mol. The van der Waals surface area contributed by atoms with Crippen molar-refractivity contribution >= 4 is 21.7 Å². The Labute approximate surface area is 202 Å². The van der Waals surface area contributed by atoms with Crippen molar-refractivity contribution in [2.24, 2.45) is 0 Å². The summed E-state index contributed by atoms with van der Waals surface area (Å²) < 4.78 is 111. The zero-order valence-electron chi connectivity index (χ0n) is 18.8. The number of halogens is 6. The maximum absolute atomic E-state index is 13.1. The highest BCUT2D eigenvalue weighted by Crippen LogP contribution is 2.38. The van der Waals surface area contributed by atoms with Gasteiger partial charge in [-0.3, -0.25) is 4.72 Å². The fourth-order valence-corrected chi connectivity index (χ4v) is 4.73. The molecule has 3 aromatic rings. The molecule has 0 spiro atoms. The summed E-state index contributed by atoms with van der Waals surface area (Å²) in [7, 11) is -3.23. The van der Waals surface area contributed by atoms with Gasteiger partial charge in [-0.15, -0.1) is 0 Å². The van der Waals surface area contributed by atoms with Gasteiger partial charge in [0, 0.05) is 5.69 Å². The van der Waals surface area contributed by atoms with E-state index >= 15 is 0 Å². The minimum Gasteiger partial charge on any atom is -0.465 e. The maximum atomic E-state index is 13.1. The van der Waals surface area contributed by atoms with E-state index in [4.69, 9.17) is 4.74 Å². The van der Waals surface area contributed by atoms with Crippen molar-refractivity contribution in [1.82, 2.24) is 0 Å². The number of sulfonamides is 1. The van der Waals surface area contributed by atoms with Crippen molar-refractivity contribution in [3.05, 3.63) is 88.5 Å². The van der Waals surface area contributed by atoms with Gasteiger partial charge < -0.3 is 4.74 Å². The number of hydrogen-bond donors (Lipinski definition) is 1. The summed E-state index contributed by atoms with van der Waals surface area (Å²) in [4.78, 5) is 12.1. The molecule has 0 aliphatic carbocycles. The van der Waals surface area contributed by atoms with Gasteiger partial charge in [-0.1, -0.05) is 42.0 Å². The van der Waals surface area contributed by atoms with Gasteiger partial charge in [-0.2, -0.15) is 26.3 Å². The minimum atomic E-state index is -5.13. The Bertz CT molecular complexity index is 1370. The SMILES string of the molecule is COC(=O)c1ccccc1-c1cc(C)cc(CS(=O)(=O)Nc2cc(C(F)(F)F)cc(C(F)(F)F)c2)c1. The molecular formula is C24H19F6NO4S. The second kappa shape index (κ2) is 9.84. The van der Waals surface area contributed by atoms with Crippen LogP contribution in [0.5, 0.6) is 0 Å². The van der Waals surface area contributed by atoms with Gasteiger partial charge in [0.15, 0.2) is 0 Å². The summed E-state index contributed by atoms with van der Waals surface area (Å²) in [6.45, 7) is 1.66. The van der Waals surface area contributed by atoms with Crippen molar-refractivity contribution in [1.29, 1.82) is 0 Å². The van der Waals surface area contributed by atoms with Crippen LogP contribution in [0.25, 0.3) is 11.1 Å². The Morgan fingerprint density at radius 2 is 1.47 bits per heavy atom. The second-order valence-electron chi connectivity index (χ2n) is 7.90. The number of carbonyl (C=O) groups is 1. The van der Waals surface area contributed by atoms with Crippen molar-refractivity contribution in [2.75, 3.05) is 11.8 Å². The number of anilines is 1. The summed E-state index contributed by atoms with van der Waals surface area (Å²) >= 11 is 0. The van der Waals surface area contributed by atoms with Gasteiger partial charge in [0.05, 0.1) is 29.6 Å². The Morgan fingerprint density at radius 1 is 0.889 bits per heavy atom. The molecule has 0 saturated carbocycles. The van der Waals surface area contributed by atoms with Crippen LogP contribution in [0.3, 0.4) is 0 Å². The van der Waals surface area contributed by atoms with Crippen LogP contribution in [0.4, 0.5) is 32.0 Å². The van der Waals surface area contributed by atoms with Gasteiger partial charge in [0.2, 0.25) is 10.0 Å². The van der Waals surface area contributed by atoms with Crippen molar-refractivity contribution < 1.29 is 44.3 Å². The number of carbonyl (C=O) groups excluding carboxylic acids is 1. The Hall–Kier alpha value is -3.54. The molecule has 0 radical (unpaired) electrons. The standard InChI is InChI=1S/C24H19F6NO4S/c1-14-7-15(9-16(8-14)20-5-3-4-6-21(20)22(32)35-2)13-36(33,34)31-19-11-17(23(25,26)27)10-18(12-19)24(28,29)30/h3-12,31H,13H2,1-2H3. The second-order valence-corrected chi connectivity index (χ2v) is 9.62. The Morgan fingerprint density at radius 3 is 2.03 bits per heavy atom. The molecular weight excluding hydrogens is 512 g/mol. The third-order valence-electron chi connectivity index (χ3n) is 5.00. The predicted octanol–water partition coefficient (Wildman–Crippen LogP) is 6.43. The van der Waals surface area contributed by atoms with E-state index in [0.717, 1.165) is 0 Å². The van der Waals surface area contributed by atoms with Crippen LogP contribution >= 0.6 is 0 Å². The van der Waals surface area contributed by atoms with Crippen LogP contribution in [0.15, 0.2) is 60.7 Å². The lowest BCUT2D eigenvalue weighted by molar-refractivity contribution is -0.143. The number of methoxy groups -OCH3 is 1. The number of esters is 1. The number of ether oxygens (including phenoxy) is 1. The van der Waals surface area contributed by atoms with Gasteiger partial charge in [-0.25, -0.2) is 13.2 Å². The normalized spacial score (nSPS) is 12.3. The highest BCUT2D eigenvalue weighted by Gasteiger charge is 2.37. The summed E-state index contributed by atoms with van der Waals surface area (Å²) in [6, 6.07) is 11.6. The molecule has 0 aliphatic heterocycles. The van der Waals surface area contributed by atoms with Gasteiger partial charge in [0.25, 0.3) is 0 Å². The Balaban J connectivity index is 1.97. The molecule has 36 heavy (non-hydrogen) atoms. The van der Waals surface area contributed by atoms with Gasteiger partial charge in [-0.05, 0) is 47.9 Å². The first-order valence-corrected chi connectivity index (χ1v) is 11.8. The van der Waals surface area contributed by atoms with E-state index < -0.39 is 50.9 Å². The highest BCUT2D eigenvalue weighted by atomic mass is 32.2. The van der Waals surface area contributed by atoms with Crippen LogP contribution in [0, 0.1) is 6.92 Å². The molecule has 1 N–H and O–H groups in total. The van der Waals surface area contributed by atoms with Crippen LogP contribution < -0.4 is 4.72 Å². The van der Waals surface area contributed by atoms with Crippen LogP contribution in [-0.2, 0) is 32.9 Å². The maximum Gasteiger partial charge on any atom is 0.416 e. The number of rotatable bonds is 6. The fourth-order valence-electron chi connectivity index (χ4n) is 3.57. The molecule has 0 aromatic heterocycles. The van der Waals surface area contributed by atoms with Crippen molar-refractivity contribution in [3.8, 4) is 11.1 Å². The summed E-state index contributed by atoms with van der Waals surface area (Å²) in [5.74, 6) is -1.37. The third kappa shape index (κ3) is 6.56. The van der Waals surface area contributed by atoms with Crippen molar-refractivity contribution in [3.63, 3.8) is 0 Å². The van der Waals surface area contributed by atoms with Crippen LogP contribution in [0.2, 0.25) is 0 Å². The molecule has 0 amide bonds. The topological polar surface area (TPSA) is 72.5 Å². The quantitative estimate of drug-likeness (QED) is 0.294. The van der Waals surface area contributed by atoms with E-state index in [-0.39, 0.29) is 17.2 Å². The first kappa shape index (κ1) is 27.1. The molecule has 3 aromatic carbocycles. The number of hydrogen-bond acceptors (Lipinski definition) is 4. The zero-order chi connectivity index (χ0) is 26.9. The van der Waals surface area contributed by atoms with Crippen LogP contribution in [-0.4, -0.2) is 21.5 Å². The van der Waals surface area contributed by atoms with Crippen molar-refractivity contribution in [2.45, 2.75) is 25.0 Å². The van der Waals surface area contributed by atoms with E-state index in [2.05, 4.69) is 0 Å². The summed E-state index contributed by atoms with van der Waals surface area (Å²) in [5.41, 5.74) is -2.22. The largest absolute Gasteiger partial charge is 0.465 e. The van der Waals surface area contributed by atoms with E-state index in [1.54, 1.807) is 31.2 Å². The number of alkyl halides is 6. The predicted molar refractivity (Wildman–Crippen MR) is 121 cm³/mol. The molecule has 0 bridgehead atoms. The molecule has 0 heterocycles. The van der Waals surface area contributed by atoms with E-state index in [9.17, 15) is 39.6 Å². The number of benzene rings is 3. The molecule has 192 valence electrons. The van der Waals surface area contributed by atoms with E-state index in [0.29, 0.717) is 28.8 Å². The fraction of sp³-hybridized carbons (Fsp3) is 0.208. The third-order valence-corrected chi connectivity index (χ3v) is 6.26. The highest BCUT2D eigenvalue weighted by molar-refractivity contribution is 7.91. The van der Waals surface area contributed by atoms with E-state index in [1.165, 1.54) is 25.3 Å². The molecule has 0 atom stereocenters. The molecule has 12 heteroatoms. The zero-order valence-corrected chi connectivity index (χ0v) is 19.6. The Kier molecular flexibility index (Phi) is 7.40. The number of nitrogens with one attached hydrogen (secondary N) is 1. The smallest absolute Gasteiger partial charge is 0.416 e. The molecule has 5 nitrogen and oxygen atoms in total. The molecule has 0 fully saturated rings. The molecule has 0 saturated heterocycles. The lowest BCUT2D eigenvalue weighted by atomic mass is 9.96. The van der Waals surface area contributed by atoms with Gasteiger partial charge >= 0.3 is 18.3 Å². The van der Waals surface area contributed by atoms with Crippen LogP contribution in [0.1, 0.15) is 32.6 Å². The number of aryl methyl sites for hydroxylation is 1. The van der Waals surface area contributed by atoms with E-state index in [1.807, 2.05) is 4.72 Å². The average molecular weight is 531 g/mol. The minimum absolute atomic E-state index is 0.0939. The molecule has 0 aliphatic rings. The van der Waals surface area contributed by atoms with Gasteiger partial charge in [0.1, 0.15) is 0 Å². The lowest BCUT2D eigenvalue weighted by Crippen LogP contribution is -2.17. The average Bonchev–Trinajstić information content (AvgIpc) is 2.76. The lowest BCUT2D eigenvalue weighted by Gasteiger charge is -2.16.